The maximum Gasteiger partial charge on any atom is 0.230 e. The molecular weight excluding hydrogens is 351 g/mol. The van der Waals surface area contributed by atoms with Gasteiger partial charge in [-0.25, -0.2) is 4.39 Å². The van der Waals surface area contributed by atoms with Gasteiger partial charge in [0.05, 0.1) is 5.75 Å². The van der Waals surface area contributed by atoms with Crippen molar-refractivity contribution in [1.29, 1.82) is 0 Å². The molecule has 0 unspecified atom stereocenters. The van der Waals surface area contributed by atoms with Crippen molar-refractivity contribution in [2.24, 2.45) is 0 Å². The van der Waals surface area contributed by atoms with Gasteiger partial charge in [0.1, 0.15) is 5.82 Å². The van der Waals surface area contributed by atoms with E-state index >= 15 is 0 Å². The molecular formula is C19H19FN4OS. The number of hydrogen-bond acceptors (Lipinski definition) is 4. The fourth-order valence-corrected chi connectivity index (χ4v) is 3.19. The fraction of sp³-hybridized carbons (Fsp3) is 0.211. The molecule has 5 nitrogen and oxygen atoms in total. The number of carbonyl (C=O) groups excluding carboxylic acids is 1. The largest absolute Gasteiger partial charge is 0.355 e. The maximum absolute atomic E-state index is 13.3. The van der Waals surface area contributed by atoms with Crippen LogP contribution in [0, 0.1) is 5.82 Å². The van der Waals surface area contributed by atoms with Crippen LogP contribution < -0.4 is 5.32 Å². The summed E-state index contributed by atoms with van der Waals surface area (Å²) < 4.78 is 15.2. The van der Waals surface area contributed by atoms with Gasteiger partial charge in [-0.05, 0) is 30.7 Å². The smallest absolute Gasteiger partial charge is 0.230 e. The van der Waals surface area contributed by atoms with Crippen molar-refractivity contribution in [2.45, 2.75) is 18.5 Å². The van der Waals surface area contributed by atoms with Gasteiger partial charge in [0.2, 0.25) is 5.91 Å². The average Bonchev–Trinajstić information content (AvgIpc) is 3.10. The van der Waals surface area contributed by atoms with Gasteiger partial charge in [-0.2, -0.15) is 0 Å². The van der Waals surface area contributed by atoms with E-state index in [-0.39, 0.29) is 17.5 Å². The molecule has 0 aliphatic rings. The van der Waals surface area contributed by atoms with Gasteiger partial charge in [0.15, 0.2) is 11.0 Å². The standard InChI is InChI=1S/C19H19FN4OS/c1-2-12-21-17(25)13-26-19-23-22-18(14-6-4-3-5-7-14)24(19)16-10-8-15(20)9-11-16/h3-11H,2,12-13H2,1H3,(H,21,25). The van der Waals surface area contributed by atoms with Gasteiger partial charge >= 0.3 is 0 Å². The summed E-state index contributed by atoms with van der Waals surface area (Å²) in [7, 11) is 0. The summed E-state index contributed by atoms with van der Waals surface area (Å²) in [5, 5.41) is 12.0. The first-order valence-electron chi connectivity index (χ1n) is 8.35. The van der Waals surface area contributed by atoms with Crippen molar-refractivity contribution < 1.29 is 9.18 Å². The number of amides is 1. The molecule has 0 aliphatic carbocycles. The molecule has 1 amide bonds. The zero-order valence-corrected chi connectivity index (χ0v) is 15.2. The van der Waals surface area contributed by atoms with E-state index in [9.17, 15) is 9.18 Å². The third-order valence-corrected chi connectivity index (χ3v) is 4.58. The Hall–Kier alpha value is -2.67. The topological polar surface area (TPSA) is 59.8 Å². The Morgan fingerprint density at radius 2 is 1.85 bits per heavy atom. The summed E-state index contributed by atoms with van der Waals surface area (Å²) in [6.07, 6.45) is 0.889. The second-order valence-corrected chi connectivity index (χ2v) is 6.57. The van der Waals surface area contributed by atoms with Crippen LogP contribution in [0.2, 0.25) is 0 Å². The molecule has 0 saturated heterocycles. The van der Waals surface area contributed by atoms with Crippen molar-refractivity contribution in [3.63, 3.8) is 0 Å². The van der Waals surface area contributed by atoms with Crippen LogP contribution in [0.15, 0.2) is 59.8 Å². The Kier molecular flexibility index (Phi) is 6.01. The van der Waals surface area contributed by atoms with Crippen LogP contribution in [0.1, 0.15) is 13.3 Å². The second-order valence-electron chi connectivity index (χ2n) is 5.62. The van der Waals surface area contributed by atoms with Gasteiger partial charge in [-0.3, -0.25) is 9.36 Å². The predicted octanol–water partition coefficient (Wildman–Crippen LogP) is 3.69. The van der Waals surface area contributed by atoms with E-state index in [4.69, 9.17) is 0 Å². The van der Waals surface area contributed by atoms with E-state index in [1.165, 1.54) is 23.9 Å². The monoisotopic (exact) mass is 370 g/mol. The molecule has 0 bridgehead atoms. The first-order chi connectivity index (χ1) is 12.7. The van der Waals surface area contributed by atoms with Crippen molar-refractivity contribution in [3.05, 3.63) is 60.4 Å². The number of thioether (sulfide) groups is 1. The van der Waals surface area contributed by atoms with Gasteiger partial charge in [0.25, 0.3) is 0 Å². The van der Waals surface area contributed by atoms with E-state index < -0.39 is 0 Å². The molecule has 2 aromatic carbocycles. The number of nitrogens with one attached hydrogen (secondary N) is 1. The highest BCUT2D eigenvalue weighted by Crippen LogP contribution is 2.27. The maximum atomic E-state index is 13.3. The van der Waals surface area contributed by atoms with Gasteiger partial charge in [-0.15, -0.1) is 10.2 Å². The summed E-state index contributed by atoms with van der Waals surface area (Å²) in [5.41, 5.74) is 1.64. The van der Waals surface area contributed by atoms with E-state index in [2.05, 4.69) is 15.5 Å². The van der Waals surface area contributed by atoms with Crippen LogP contribution in [-0.2, 0) is 4.79 Å². The zero-order chi connectivity index (χ0) is 18.4. The number of benzene rings is 2. The summed E-state index contributed by atoms with van der Waals surface area (Å²) >= 11 is 1.30. The lowest BCUT2D eigenvalue weighted by Gasteiger charge is -2.10. The summed E-state index contributed by atoms with van der Waals surface area (Å²) in [4.78, 5) is 11.9. The fourth-order valence-electron chi connectivity index (χ4n) is 2.41. The van der Waals surface area contributed by atoms with Crippen LogP contribution in [0.25, 0.3) is 17.1 Å². The first kappa shape index (κ1) is 18.1. The summed E-state index contributed by atoms with van der Waals surface area (Å²) in [6, 6.07) is 15.8. The molecule has 134 valence electrons. The molecule has 26 heavy (non-hydrogen) atoms. The van der Waals surface area contributed by atoms with E-state index in [0.29, 0.717) is 17.5 Å². The second kappa shape index (κ2) is 8.62. The number of halogens is 1. The Balaban J connectivity index is 1.93. The number of carbonyl (C=O) groups is 1. The minimum absolute atomic E-state index is 0.0493. The number of aromatic nitrogens is 3. The van der Waals surface area contributed by atoms with Crippen molar-refractivity contribution in [3.8, 4) is 17.1 Å². The molecule has 0 aliphatic heterocycles. The highest BCUT2D eigenvalue weighted by Gasteiger charge is 2.17. The molecule has 0 atom stereocenters. The van der Waals surface area contributed by atoms with Crippen LogP contribution in [0.5, 0.6) is 0 Å². The van der Waals surface area contributed by atoms with E-state index in [1.807, 2.05) is 41.8 Å². The Bertz CT molecular complexity index is 865. The quantitative estimate of drug-likeness (QED) is 0.645. The normalized spacial score (nSPS) is 10.7. The van der Waals surface area contributed by atoms with Crippen LogP contribution in [0.3, 0.4) is 0 Å². The highest BCUT2D eigenvalue weighted by molar-refractivity contribution is 7.99. The Labute approximate surface area is 155 Å². The average molecular weight is 370 g/mol. The van der Waals surface area contributed by atoms with E-state index in [0.717, 1.165) is 17.7 Å². The zero-order valence-electron chi connectivity index (χ0n) is 14.4. The van der Waals surface area contributed by atoms with Crippen molar-refractivity contribution in [1.82, 2.24) is 20.1 Å². The summed E-state index contributed by atoms with van der Waals surface area (Å²) in [6.45, 7) is 2.66. The Morgan fingerprint density at radius 1 is 1.12 bits per heavy atom. The third kappa shape index (κ3) is 4.29. The molecule has 0 saturated carbocycles. The van der Waals surface area contributed by atoms with Gasteiger partial charge in [0, 0.05) is 17.8 Å². The van der Waals surface area contributed by atoms with Crippen molar-refractivity contribution >= 4 is 17.7 Å². The Morgan fingerprint density at radius 3 is 2.54 bits per heavy atom. The van der Waals surface area contributed by atoms with Crippen LogP contribution in [0.4, 0.5) is 4.39 Å². The lowest BCUT2D eigenvalue weighted by Crippen LogP contribution is -2.25. The molecule has 1 aromatic heterocycles. The number of rotatable bonds is 7. The minimum Gasteiger partial charge on any atom is -0.355 e. The highest BCUT2D eigenvalue weighted by atomic mass is 32.2. The lowest BCUT2D eigenvalue weighted by molar-refractivity contribution is -0.118. The van der Waals surface area contributed by atoms with Crippen LogP contribution >= 0.6 is 11.8 Å². The van der Waals surface area contributed by atoms with Crippen LogP contribution in [-0.4, -0.2) is 33.0 Å². The SMILES string of the molecule is CCCNC(=O)CSc1nnc(-c2ccccc2)n1-c1ccc(F)cc1. The number of nitrogens with zero attached hydrogens (tertiary/aromatic N) is 3. The van der Waals surface area contributed by atoms with E-state index in [1.54, 1.807) is 12.1 Å². The molecule has 1 N–H and O–H groups in total. The van der Waals surface area contributed by atoms with Gasteiger partial charge < -0.3 is 5.32 Å². The molecule has 0 fully saturated rings. The summed E-state index contributed by atoms with van der Waals surface area (Å²) in [5.74, 6) is 0.533. The molecule has 0 spiro atoms. The van der Waals surface area contributed by atoms with Crippen molar-refractivity contribution in [2.75, 3.05) is 12.3 Å². The lowest BCUT2D eigenvalue weighted by atomic mass is 10.2. The molecule has 0 radical (unpaired) electrons. The predicted molar refractivity (Wildman–Crippen MR) is 101 cm³/mol. The minimum atomic E-state index is -0.309. The number of hydrogen-bond donors (Lipinski definition) is 1. The third-order valence-electron chi connectivity index (χ3n) is 3.65. The molecule has 3 rings (SSSR count). The first-order valence-corrected chi connectivity index (χ1v) is 9.34. The molecule has 7 heteroatoms. The molecule has 3 aromatic rings. The molecule has 1 heterocycles. The van der Waals surface area contributed by atoms with Gasteiger partial charge in [-0.1, -0.05) is 49.0 Å².